The Balaban J connectivity index is 2.56. The second-order valence-corrected chi connectivity index (χ2v) is 7.61. The monoisotopic (exact) mass is 262 g/mol. The third-order valence-electron chi connectivity index (χ3n) is 3.59. The van der Waals surface area contributed by atoms with E-state index in [-0.39, 0.29) is 0 Å². The molecule has 5 heteroatoms. The third kappa shape index (κ3) is 4.23. The first-order valence-electron chi connectivity index (χ1n) is 6.52. The van der Waals surface area contributed by atoms with E-state index < -0.39 is 10.0 Å². The second kappa shape index (κ2) is 6.16. The average molecular weight is 262 g/mol. The molecule has 0 amide bonds. The first-order valence-corrected chi connectivity index (χ1v) is 8.13. The highest BCUT2D eigenvalue weighted by molar-refractivity contribution is 7.89. The van der Waals surface area contributed by atoms with Crippen molar-refractivity contribution in [2.24, 2.45) is 11.8 Å². The van der Waals surface area contributed by atoms with Crippen LogP contribution in [0.5, 0.6) is 0 Å². The Kier molecular flexibility index (Phi) is 5.41. The molecule has 1 aliphatic rings. The molecule has 2 unspecified atom stereocenters. The van der Waals surface area contributed by atoms with Crippen molar-refractivity contribution in [1.29, 1.82) is 0 Å². The minimum absolute atomic E-state index is 0.293. The van der Waals surface area contributed by atoms with E-state index in [0.29, 0.717) is 36.7 Å². The Hall–Kier alpha value is -0.130. The molecule has 0 aliphatic carbocycles. The molecule has 0 aromatic heterocycles. The van der Waals surface area contributed by atoms with Gasteiger partial charge in [0.25, 0.3) is 0 Å². The van der Waals surface area contributed by atoms with Crippen LogP contribution in [-0.4, -0.2) is 44.7 Å². The van der Waals surface area contributed by atoms with Crippen LogP contribution >= 0.6 is 0 Å². The van der Waals surface area contributed by atoms with Crippen LogP contribution in [0.25, 0.3) is 0 Å². The normalized spacial score (nSPS) is 27.6. The molecule has 1 rings (SSSR count). The molecule has 2 atom stereocenters. The van der Waals surface area contributed by atoms with Gasteiger partial charge in [-0.25, -0.2) is 12.7 Å². The van der Waals surface area contributed by atoms with Crippen LogP contribution in [0.4, 0.5) is 0 Å². The van der Waals surface area contributed by atoms with Crippen molar-refractivity contribution in [3.8, 4) is 0 Å². The summed E-state index contributed by atoms with van der Waals surface area (Å²) in [6, 6.07) is 0.451. The van der Waals surface area contributed by atoms with Crippen LogP contribution in [-0.2, 0) is 10.0 Å². The summed E-state index contributed by atoms with van der Waals surface area (Å²) >= 11 is 0. The zero-order chi connectivity index (χ0) is 13.1. The van der Waals surface area contributed by atoms with E-state index in [4.69, 9.17) is 0 Å². The van der Waals surface area contributed by atoms with Crippen LogP contribution in [0, 0.1) is 11.8 Å². The van der Waals surface area contributed by atoms with Crippen molar-refractivity contribution >= 4 is 10.0 Å². The van der Waals surface area contributed by atoms with E-state index >= 15 is 0 Å². The fraction of sp³-hybridized carbons (Fsp3) is 1.00. The van der Waals surface area contributed by atoms with E-state index in [1.54, 1.807) is 4.31 Å². The number of nitrogens with one attached hydrogen (secondary N) is 1. The Morgan fingerprint density at radius 1 is 1.41 bits per heavy atom. The molecule has 1 N–H and O–H groups in total. The van der Waals surface area contributed by atoms with Gasteiger partial charge in [-0.3, -0.25) is 0 Å². The lowest BCUT2D eigenvalue weighted by Crippen LogP contribution is -2.49. The van der Waals surface area contributed by atoms with Crippen LogP contribution in [0.2, 0.25) is 0 Å². The Bertz CT molecular complexity index is 327. The number of rotatable bonds is 5. The molecule has 17 heavy (non-hydrogen) atoms. The molecule has 0 spiro atoms. The van der Waals surface area contributed by atoms with Crippen molar-refractivity contribution in [1.82, 2.24) is 9.62 Å². The quantitative estimate of drug-likeness (QED) is 0.812. The van der Waals surface area contributed by atoms with Gasteiger partial charge >= 0.3 is 0 Å². The lowest BCUT2D eigenvalue weighted by Gasteiger charge is -2.36. The van der Waals surface area contributed by atoms with Crippen molar-refractivity contribution in [3.05, 3.63) is 0 Å². The lowest BCUT2D eigenvalue weighted by atomic mass is 9.96. The van der Waals surface area contributed by atoms with E-state index in [0.717, 1.165) is 12.8 Å². The Morgan fingerprint density at radius 2 is 2.06 bits per heavy atom. The topological polar surface area (TPSA) is 49.4 Å². The molecule has 0 aromatic rings. The average Bonchev–Trinajstić information content (AvgIpc) is 2.26. The van der Waals surface area contributed by atoms with Crippen LogP contribution in [0.3, 0.4) is 0 Å². The maximum Gasteiger partial charge on any atom is 0.214 e. The Labute approximate surface area is 106 Å². The molecule has 1 fully saturated rings. The number of nitrogens with zero attached hydrogens (tertiary/aromatic N) is 1. The summed E-state index contributed by atoms with van der Waals surface area (Å²) in [7, 11) is -1.09. The summed E-state index contributed by atoms with van der Waals surface area (Å²) in [5.41, 5.74) is 0. The molecule has 1 heterocycles. The highest BCUT2D eigenvalue weighted by atomic mass is 32.2. The molecule has 0 bridgehead atoms. The van der Waals surface area contributed by atoms with Gasteiger partial charge in [-0.05, 0) is 31.7 Å². The number of hydrogen-bond acceptors (Lipinski definition) is 3. The molecule has 4 nitrogen and oxygen atoms in total. The molecule has 0 aromatic carbocycles. The molecule has 1 aliphatic heterocycles. The summed E-state index contributed by atoms with van der Waals surface area (Å²) in [5.74, 6) is 1.13. The zero-order valence-corrected chi connectivity index (χ0v) is 12.3. The summed E-state index contributed by atoms with van der Waals surface area (Å²) in [4.78, 5) is 0. The molecule has 0 saturated carbocycles. The zero-order valence-electron chi connectivity index (χ0n) is 11.4. The SMILES string of the molecule is CNC1CCN(S(=O)(=O)CCC(C)C)CC1C. The first-order chi connectivity index (χ1) is 7.86. The number of hydrogen-bond donors (Lipinski definition) is 1. The van der Waals surface area contributed by atoms with Crippen LogP contribution < -0.4 is 5.32 Å². The van der Waals surface area contributed by atoms with E-state index in [1.165, 1.54) is 0 Å². The predicted octanol–water partition coefficient (Wildman–Crippen LogP) is 1.29. The fourth-order valence-corrected chi connectivity index (χ4v) is 4.18. The van der Waals surface area contributed by atoms with Gasteiger partial charge in [-0.15, -0.1) is 0 Å². The van der Waals surface area contributed by atoms with Gasteiger partial charge in [0, 0.05) is 19.1 Å². The summed E-state index contributed by atoms with van der Waals surface area (Å²) in [6.45, 7) is 7.56. The van der Waals surface area contributed by atoms with Crippen molar-refractivity contribution < 1.29 is 8.42 Å². The summed E-state index contributed by atoms with van der Waals surface area (Å²) < 4.78 is 25.9. The molecular formula is C12H26N2O2S. The summed E-state index contributed by atoms with van der Waals surface area (Å²) in [6.07, 6.45) is 1.67. The second-order valence-electron chi connectivity index (χ2n) is 5.52. The van der Waals surface area contributed by atoms with E-state index in [1.807, 2.05) is 7.05 Å². The highest BCUT2D eigenvalue weighted by Gasteiger charge is 2.31. The number of piperidine rings is 1. The van der Waals surface area contributed by atoms with E-state index in [2.05, 4.69) is 26.1 Å². The Morgan fingerprint density at radius 3 is 2.53 bits per heavy atom. The minimum Gasteiger partial charge on any atom is -0.317 e. The van der Waals surface area contributed by atoms with Gasteiger partial charge in [0.05, 0.1) is 5.75 Å². The van der Waals surface area contributed by atoms with Crippen LogP contribution in [0.1, 0.15) is 33.6 Å². The lowest BCUT2D eigenvalue weighted by molar-refractivity contribution is 0.227. The van der Waals surface area contributed by atoms with E-state index in [9.17, 15) is 8.42 Å². The smallest absolute Gasteiger partial charge is 0.214 e. The molecular weight excluding hydrogens is 236 g/mol. The van der Waals surface area contributed by atoms with Crippen molar-refractivity contribution in [2.45, 2.75) is 39.7 Å². The van der Waals surface area contributed by atoms with Crippen LogP contribution in [0.15, 0.2) is 0 Å². The standard InChI is InChI=1S/C12H26N2O2S/c1-10(2)6-8-17(15,16)14-7-5-12(13-4)11(3)9-14/h10-13H,5-9H2,1-4H3. The fourth-order valence-electron chi connectivity index (χ4n) is 2.30. The first kappa shape index (κ1) is 14.9. The van der Waals surface area contributed by atoms with Gasteiger partial charge < -0.3 is 5.32 Å². The van der Waals surface area contributed by atoms with Gasteiger partial charge in [0.2, 0.25) is 10.0 Å². The minimum atomic E-state index is -3.04. The predicted molar refractivity (Wildman–Crippen MR) is 71.4 cm³/mol. The van der Waals surface area contributed by atoms with Crippen molar-refractivity contribution in [2.75, 3.05) is 25.9 Å². The maximum atomic E-state index is 12.1. The molecule has 1 saturated heterocycles. The largest absolute Gasteiger partial charge is 0.317 e. The summed E-state index contributed by atoms with van der Waals surface area (Å²) in [5, 5.41) is 3.25. The highest BCUT2D eigenvalue weighted by Crippen LogP contribution is 2.20. The van der Waals surface area contributed by atoms with Gasteiger partial charge in [-0.1, -0.05) is 20.8 Å². The molecule has 102 valence electrons. The maximum absolute atomic E-state index is 12.1. The molecule has 0 radical (unpaired) electrons. The van der Waals surface area contributed by atoms with Gasteiger partial charge in [-0.2, -0.15) is 0 Å². The van der Waals surface area contributed by atoms with Gasteiger partial charge in [0.1, 0.15) is 0 Å². The van der Waals surface area contributed by atoms with Crippen molar-refractivity contribution in [3.63, 3.8) is 0 Å². The van der Waals surface area contributed by atoms with Gasteiger partial charge in [0.15, 0.2) is 0 Å². The third-order valence-corrected chi connectivity index (χ3v) is 5.46. The number of sulfonamides is 1.